The fourth-order valence-electron chi connectivity index (χ4n) is 2.58. The third-order valence-electron chi connectivity index (χ3n) is 3.99. The first-order chi connectivity index (χ1) is 12.9. The third-order valence-corrected chi connectivity index (χ3v) is 4.24. The molecule has 27 heavy (non-hydrogen) atoms. The second kappa shape index (κ2) is 8.27. The summed E-state index contributed by atoms with van der Waals surface area (Å²) >= 11 is 5.87. The molecule has 0 unspecified atom stereocenters. The number of halogens is 1. The number of ether oxygens (including phenoxy) is 1. The van der Waals surface area contributed by atoms with Gasteiger partial charge in [-0.3, -0.25) is 9.69 Å². The number of carbonyl (C=O) groups excluding carboxylic acids is 2. The topological polar surface area (TPSA) is 58.6 Å². The molecule has 1 aliphatic rings. The summed E-state index contributed by atoms with van der Waals surface area (Å²) < 4.78 is 5.65. The van der Waals surface area contributed by atoms with E-state index in [0.29, 0.717) is 17.5 Å². The van der Waals surface area contributed by atoms with Crippen LogP contribution in [-0.4, -0.2) is 23.4 Å². The number of rotatable bonds is 6. The van der Waals surface area contributed by atoms with Crippen LogP contribution in [0.15, 0.2) is 54.2 Å². The van der Waals surface area contributed by atoms with E-state index in [9.17, 15) is 9.59 Å². The highest BCUT2D eigenvalue weighted by atomic mass is 35.5. The van der Waals surface area contributed by atoms with Gasteiger partial charge in [-0.05, 0) is 47.4 Å². The molecule has 1 saturated heterocycles. The van der Waals surface area contributed by atoms with Crippen LogP contribution in [0.5, 0.6) is 5.75 Å². The SMILES string of the molecule is CC(C)COc1ccc(/C=C2\NC(=O)N(Cc3ccc(Cl)cc3)C2=O)cc1. The first-order valence-electron chi connectivity index (χ1n) is 8.74. The fraction of sp³-hybridized carbons (Fsp3) is 0.238. The second-order valence-corrected chi connectivity index (χ2v) is 7.22. The zero-order chi connectivity index (χ0) is 19.4. The van der Waals surface area contributed by atoms with Gasteiger partial charge in [0.2, 0.25) is 0 Å². The monoisotopic (exact) mass is 384 g/mol. The van der Waals surface area contributed by atoms with Crippen LogP contribution in [0.1, 0.15) is 25.0 Å². The Morgan fingerprint density at radius 3 is 2.37 bits per heavy atom. The van der Waals surface area contributed by atoms with Crippen LogP contribution < -0.4 is 10.1 Å². The molecule has 2 aromatic carbocycles. The Kier molecular flexibility index (Phi) is 5.81. The number of hydrogen-bond donors (Lipinski definition) is 1. The van der Waals surface area contributed by atoms with Gasteiger partial charge in [0, 0.05) is 5.02 Å². The van der Waals surface area contributed by atoms with E-state index in [0.717, 1.165) is 16.9 Å². The van der Waals surface area contributed by atoms with Crippen molar-refractivity contribution < 1.29 is 14.3 Å². The largest absolute Gasteiger partial charge is 0.493 e. The average Bonchev–Trinajstić information content (AvgIpc) is 2.90. The first kappa shape index (κ1) is 19.0. The van der Waals surface area contributed by atoms with Gasteiger partial charge in [0.25, 0.3) is 5.91 Å². The van der Waals surface area contributed by atoms with Crippen LogP contribution in [0.4, 0.5) is 4.79 Å². The van der Waals surface area contributed by atoms with Crippen LogP contribution in [0.25, 0.3) is 6.08 Å². The van der Waals surface area contributed by atoms with E-state index in [1.165, 1.54) is 4.90 Å². The maximum atomic E-state index is 12.6. The second-order valence-electron chi connectivity index (χ2n) is 6.78. The number of benzene rings is 2. The predicted octanol–water partition coefficient (Wildman–Crippen LogP) is 4.47. The molecule has 0 radical (unpaired) electrons. The number of carbonyl (C=O) groups is 2. The number of nitrogens with one attached hydrogen (secondary N) is 1. The van der Waals surface area contributed by atoms with Gasteiger partial charge in [0.1, 0.15) is 11.4 Å². The number of imide groups is 1. The summed E-state index contributed by atoms with van der Waals surface area (Å²) in [4.78, 5) is 25.9. The van der Waals surface area contributed by atoms with Crippen LogP contribution in [0.3, 0.4) is 0 Å². The molecule has 1 fully saturated rings. The Morgan fingerprint density at radius 1 is 1.07 bits per heavy atom. The minimum Gasteiger partial charge on any atom is -0.493 e. The molecule has 2 aromatic rings. The van der Waals surface area contributed by atoms with Crippen LogP contribution in [-0.2, 0) is 11.3 Å². The van der Waals surface area contributed by atoms with E-state index >= 15 is 0 Å². The van der Waals surface area contributed by atoms with E-state index in [1.54, 1.807) is 30.3 Å². The van der Waals surface area contributed by atoms with Gasteiger partial charge in [-0.2, -0.15) is 0 Å². The Labute approximate surface area is 163 Å². The molecule has 1 N–H and O–H groups in total. The highest BCUT2D eigenvalue weighted by Crippen LogP contribution is 2.20. The van der Waals surface area contributed by atoms with Crippen molar-refractivity contribution in [2.75, 3.05) is 6.61 Å². The summed E-state index contributed by atoms with van der Waals surface area (Å²) in [5.41, 5.74) is 1.89. The van der Waals surface area contributed by atoms with Crippen LogP contribution in [0.2, 0.25) is 5.02 Å². The molecule has 1 heterocycles. The smallest absolute Gasteiger partial charge is 0.329 e. The molecule has 3 rings (SSSR count). The normalized spacial score (nSPS) is 15.6. The third kappa shape index (κ3) is 4.89. The minimum absolute atomic E-state index is 0.196. The Balaban J connectivity index is 1.69. The van der Waals surface area contributed by atoms with Gasteiger partial charge in [-0.25, -0.2) is 4.79 Å². The highest BCUT2D eigenvalue weighted by Gasteiger charge is 2.33. The van der Waals surface area contributed by atoms with Gasteiger partial charge in [0.15, 0.2) is 0 Å². The van der Waals surface area contributed by atoms with Crippen molar-refractivity contribution in [1.82, 2.24) is 10.2 Å². The Bertz CT molecular complexity index is 858. The van der Waals surface area contributed by atoms with E-state index < -0.39 is 6.03 Å². The molecule has 0 spiro atoms. The van der Waals surface area contributed by atoms with Gasteiger partial charge in [-0.1, -0.05) is 49.7 Å². The molecule has 5 nitrogen and oxygen atoms in total. The fourth-order valence-corrected chi connectivity index (χ4v) is 2.70. The predicted molar refractivity (Wildman–Crippen MR) is 105 cm³/mol. The van der Waals surface area contributed by atoms with Crippen molar-refractivity contribution >= 4 is 29.6 Å². The van der Waals surface area contributed by atoms with E-state index in [-0.39, 0.29) is 18.1 Å². The first-order valence-corrected chi connectivity index (χ1v) is 9.12. The lowest BCUT2D eigenvalue weighted by Gasteiger charge is -2.11. The van der Waals surface area contributed by atoms with Crippen molar-refractivity contribution in [3.63, 3.8) is 0 Å². The number of nitrogens with zero attached hydrogens (tertiary/aromatic N) is 1. The molecule has 1 aliphatic heterocycles. The quantitative estimate of drug-likeness (QED) is 0.590. The molecule has 0 saturated carbocycles. The average molecular weight is 385 g/mol. The van der Waals surface area contributed by atoms with Gasteiger partial charge >= 0.3 is 6.03 Å². The maximum absolute atomic E-state index is 12.6. The Hall–Kier alpha value is -2.79. The number of urea groups is 1. The van der Waals surface area contributed by atoms with Gasteiger partial charge < -0.3 is 10.1 Å². The summed E-state index contributed by atoms with van der Waals surface area (Å²) in [5, 5.41) is 3.24. The van der Waals surface area contributed by atoms with Crippen molar-refractivity contribution in [1.29, 1.82) is 0 Å². The van der Waals surface area contributed by atoms with Crippen molar-refractivity contribution in [2.24, 2.45) is 5.92 Å². The summed E-state index contributed by atoms with van der Waals surface area (Å²) in [6.45, 7) is 5.02. The van der Waals surface area contributed by atoms with Gasteiger partial charge in [0.05, 0.1) is 13.2 Å². The van der Waals surface area contributed by atoms with Crippen molar-refractivity contribution in [3.8, 4) is 5.75 Å². The molecule has 0 aliphatic carbocycles. The molecule has 3 amide bonds. The lowest BCUT2D eigenvalue weighted by molar-refractivity contribution is -0.123. The lowest BCUT2D eigenvalue weighted by Crippen LogP contribution is -2.30. The van der Waals surface area contributed by atoms with E-state index in [1.807, 2.05) is 24.3 Å². The summed E-state index contributed by atoms with van der Waals surface area (Å²) in [5.74, 6) is 0.872. The van der Waals surface area contributed by atoms with E-state index in [2.05, 4.69) is 19.2 Å². The molecule has 6 heteroatoms. The minimum atomic E-state index is -0.432. The Morgan fingerprint density at radius 2 is 1.74 bits per heavy atom. The number of hydrogen-bond acceptors (Lipinski definition) is 3. The molecule has 0 atom stereocenters. The molecular weight excluding hydrogens is 364 g/mol. The molecule has 0 aromatic heterocycles. The highest BCUT2D eigenvalue weighted by molar-refractivity contribution is 6.30. The standard InChI is InChI=1S/C21H21ClN2O3/c1-14(2)13-27-18-9-5-15(6-10-18)11-19-20(25)24(21(26)23-19)12-16-3-7-17(22)8-4-16/h3-11,14H,12-13H2,1-2H3,(H,23,26)/b19-11-. The van der Waals surface area contributed by atoms with Crippen molar-refractivity contribution in [2.45, 2.75) is 20.4 Å². The number of amides is 3. The zero-order valence-corrected chi connectivity index (χ0v) is 16.0. The maximum Gasteiger partial charge on any atom is 0.329 e. The summed E-state index contributed by atoms with van der Waals surface area (Å²) in [6, 6.07) is 14.0. The summed E-state index contributed by atoms with van der Waals surface area (Å²) in [7, 11) is 0. The zero-order valence-electron chi connectivity index (χ0n) is 15.2. The van der Waals surface area contributed by atoms with E-state index in [4.69, 9.17) is 16.3 Å². The van der Waals surface area contributed by atoms with Crippen LogP contribution >= 0.6 is 11.6 Å². The van der Waals surface area contributed by atoms with Gasteiger partial charge in [-0.15, -0.1) is 0 Å². The summed E-state index contributed by atoms with van der Waals surface area (Å²) in [6.07, 6.45) is 1.66. The van der Waals surface area contributed by atoms with Crippen molar-refractivity contribution in [3.05, 3.63) is 70.4 Å². The van der Waals surface area contributed by atoms with Crippen LogP contribution in [0, 0.1) is 5.92 Å². The molecule has 0 bridgehead atoms. The molecule has 140 valence electrons. The lowest BCUT2D eigenvalue weighted by atomic mass is 10.1. The molecular formula is C21H21ClN2O3.